The summed E-state index contributed by atoms with van der Waals surface area (Å²) in [7, 11) is 0. The standard InChI is InChI=1S/C20H22ClFN2O2/c1-14-13-16(21)3-8-19(14)26-15(2)20(25)24-11-9-23(10-12-24)18-6-4-17(22)5-7-18/h3-8,13,15H,9-12H2,1-2H3/t15-/m1/s1. The maximum atomic E-state index is 13.0. The Hall–Kier alpha value is -2.27. The van der Waals surface area contributed by atoms with Gasteiger partial charge in [-0.25, -0.2) is 4.39 Å². The number of amides is 1. The zero-order valence-corrected chi connectivity index (χ0v) is 15.7. The van der Waals surface area contributed by atoms with Gasteiger partial charge in [0.05, 0.1) is 0 Å². The van der Waals surface area contributed by atoms with Crippen LogP contribution in [0, 0.1) is 12.7 Å². The van der Waals surface area contributed by atoms with E-state index in [9.17, 15) is 9.18 Å². The first-order valence-electron chi connectivity index (χ1n) is 8.66. The summed E-state index contributed by atoms with van der Waals surface area (Å²) in [6, 6.07) is 11.8. The van der Waals surface area contributed by atoms with Gasteiger partial charge in [0.2, 0.25) is 0 Å². The van der Waals surface area contributed by atoms with Gasteiger partial charge in [0, 0.05) is 36.9 Å². The highest BCUT2D eigenvalue weighted by Crippen LogP contribution is 2.23. The van der Waals surface area contributed by atoms with Gasteiger partial charge in [0.15, 0.2) is 6.10 Å². The highest BCUT2D eigenvalue weighted by molar-refractivity contribution is 6.30. The van der Waals surface area contributed by atoms with Gasteiger partial charge < -0.3 is 14.5 Å². The van der Waals surface area contributed by atoms with Gasteiger partial charge in [-0.2, -0.15) is 0 Å². The molecule has 26 heavy (non-hydrogen) atoms. The molecule has 0 N–H and O–H groups in total. The quantitative estimate of drug-likeness (QED) is 0.811. The lowest BCUT2D eigenvalue weighted by molar-refractivity contribution is -0.138. The van der Waals surface area contributed by atoms with Crippen molar-refractivity contribution in [1.29, 1.82) is 0 Å². The van der Waals surface area contributed by atoms with Crippen LogP contribution in [0.15, 0.2) is 42.5 Å². The van der Waals surface area contributed by atoms with Gasteiger partial charge in [0.25, 0.3) is 5.91 Å². The fourth-order valence-corrected chi connectivity index (χ4v) is 3.31. The van der Waals surface area contributed by atoms with Crippen LogP contribution in [0.25, 0.3) is 0 Å². The Morgan fingerprint density at radius 1 is 1.12 bits per heavy atom. The zero-order valence-electron chi connectivity index (χ0n) is 14.9. The van der Waals surface area contributed by atoms with E-state index in [0.717, 1.165) is 11.3 Å². The summed E-state index contributed by atoms with van der Waals surface area (Å²) in [5.74, 6) is 0.393. The SMILES string of the molecule is Cc1cc(Cl)ccc1O[C@H](C)C(=O)N1CCN(c2ccc(F)cc2)CC1. The molecule has 1 heterocycles. The number of carbonyl (C=O) groups excluding carboxylic acids is 1. The third-order valence-corrected chi connectivity index (χ3v) is 4.81. The van der Waals surface area contributed by atoms with E-state index >= 15 is 0 Å². The first-order valence-corrected chi connectivity index (χ1v) is 9.04. The number of carbonyl (C=O) groups is 1. The van der Waals surface area contributed by atoms with Crippen molar-refractivity contribution in [2.24, 2.45) is 0 Å². The minimum absolute atomic E-state index is 0.0295. The third-order valence-electron chi connectivity index (χ3n) is 4.57. The molecule has 0 spiro atoms. The summed E-state index contributed by atoms with van der Waals surface area (Å²) in [5.41, 5.74) is 1.87. The van der Waals surface area contributed by atoms with Gasteiger partial charge in [-0.05, 0) is 61.9 Å². The van der Waals surface area contributed by atoms with Gasteiger partial charge >= 0.3 is 0 Å². The van der Waals surface area contributed by atoms with Crippen LogP contribution >= 0.6 is 11.6 Å². The first-order chi connectivity index (χ1) is 12.4. The van der Waals surface area contributed by atoms with Crippen molar-refractivity contribution in [3.63, 3.8) is 0 Å². The molecule has 0 aromatic heterocycles. The lowest BCUT2D eigenvalue weighted by atomic mass is 10.2. The van der Waals surface area contributed by atoms with Gasteiger partial charge in [-0.3, -0.25) is 4.79 Å². The number of aryl methyl sites for hydroxylation is 1. The van der Waals surface area contributed by atoms with Crippen molar-refractivity contribution in [3.05, 3.63) is 58.9 Å². The Kier molecular flexibility index (Phi) is 5.67. The smallest absolute Gasteiger partial charge is 0.263 e. The number of hydrogen-bond donors (Lipinski definition) is 0. The Balaban J connectivity index is 1.56. The molecule has 1 atom stereocenters. The van der Waals surface area contributed by atoms with Crippen molar-refractivity contribution in [1.82, 2.24) is 4.90 Å². The van der Waals surface area contributed by atoms with Crippen molar-refractivity contribution in [2.75, 3.05) is 31.1 Å². The lowest BCUT2D eigenvalue weighted by Crippen LogP contribution is -2.52. The molecule has 1 fully saturated rings. The molecule has 1 amide bonds. The average Bonchev–Trinajstić information content (AvgIpc) is 2.64. The van der Waals surface area contributed by atoms with Crippen LogP contribution in [0.4, 0.5) is 10.1 Å². The minimum Gasteiger partial charge on any atom is -0.481 e. The maximum absolute atomic E-state index is 13.0. The summed E-state index contributed by atoms with van der Waals surface area (Å²) in [6.45, 7) is 6.32. The Morgan fingerprint density at radius 2 is 1.77 bits per heavy atom. The van der Waals surface area contributed by atoms with E-state index in [1.165, 1.54) is 12.1 Å². The van der Waals surface area contributed by atoms with Gasteiger partial charge in [0.1, 0.15) is 11.6 Å². The Morgan fingerprint density at radius 3 is 2.38 bits per heavy atom. The largest absolute Gasteiger partial charge is 0.481 e. The van der Waals surface area contributed by atoms with E-state index in [1.54, 1.807) is 31.2 Å². The van der Waals surface area contributed by atoms with Crippen molar-refractivity contribution >= 4 is 23.2 Å². The molecule has 2 aromatic rings. The Labute approximate surface area is 158 Å². The number of ether oxygens (including phenoxy) is 1. The van der Waals surface area contributed by atoms with Crippen LogP contribution in [0.3, 0.4) is 0 Å². The molecular formula is C20H22ClFN2O2. The fourth-order valence-electron chi connectivity index (χ4n) is 3.08. The van der Waals surface area contributed by atoms with E-state index in [-0.39, 0.29) is 11.7 Å². The molecule has 1 aliphatic heterocycles. The second-order valence-electron chi connectivity index (χ2n) is 6.46. The molecule has 2 aromatic carbocycles. The van der Waals surface area contributed by atoms with Crippen LogP contribution in [-0.2, 0) is 4.79 Å². The van der Waals surface area contributed by atoms with Crippen LogP contribution in [0.2, 0.25) is 5.02 Å². The van der Waals surface area contributed by atoms with Crippen LogP contribution < -0.4 is 9.64 Å². The number of hydrogen-bond acceptors (Lipinski definition) is 3. The molecule has 0 radical (unpaired) electrons. The lowest BCUT2D eigenvalue weighted by Gasteiger charge is -2.37. The molecule has 4 nitrogen and oxygen atoms in total. The van der Waals surface area contributed by atoms with Crippen molar-refractivity contribution in [2.45, 2.75) is 20.0 Å². The van der Waals surface area contributed by atoms with E-state index in [1.807, 2.05) is 17.9 Å². The van der Waals surface area contributed by atoms with Gasteiger partial charge in [-0.1, -0.05) is 11.6 Å². The molecule has 6 heteroatoms. The molecule has 0 unspecified atom stereocenters. The number of piperazine rings is 1. The molecule has 0 saturated carbocycles. The van der Waals surface area contributed by atoms with Crippen LogP contribution in [-0.4, -0.2) is 43.1 Å². The van der Waals surface area contributed by atoms with E-state index in [0.29, 0.717) is 37.0 Å². The number of rotatable bonds is 4. The number of nitrogens with zero attached hydrogens (tertiary/aromatic N) is 2. The number of halogens is 2. The molecular weight excluding hydrogens is 355 g/mol. The predicted molar refractivity (Wildman–Crippen MR) is 101 cm³/mol. The molecule has 3 rings (SSSR count). The van der Waals surface area contributed by atoms with E-state index < -0.39 is 6.10 Å². The average molecular weight is 377 g/mol. The molecule has 1 saturated heterocycles. The third kappa shape index (κ3) is 4.28. The molecule has 0 bridgehead atoms. The second kappa shape index (κ2) is 7.96. The summed E-state index contributed by atoms with van der Waals surface area (Å²) >= 11 is 5.95. The van der Waals surface area contributed by atoms with Crippen LogP contribution in [0.5, 0.6) is 5.75 Å². The second-order valence-corrected chi connectivity index (χ2v) is 6.90. The highest BCUT2D eigenvalue weighted by Gasteiger charge is 2.26. The minimum atomic E-state index is -0.563. The topological polar surface area (TPSA) is 32.8 Å². The van der Waals surface area contributed by atoms with Gasteiger partial charge in [-0.15, -0.1) is 0 Å². The predicted octanol–water partition coefficient (Wildman–Crippen LogP) is 3.90. The monoisotopic (exact) mass is 376 g/mol. The highest BCUT2D eigenvalue weighted by atomic mass is 35.5. The summed E-state index contributed by atoms with van der Waals surface area (Å²) < 4.78 is 18.9. The van der Waals surface area contributed by atoms with Crippen LogP contribution in [0.1, 0.15) is 12.5 Å². The van der Waals surface area contributed by atoms with Crippen molar-refractivity contribution < 1.29 is 13.9 Å². The van der Waals surface area contributed by atoms with E-state index in [4.69, 9.17) is 16.3 Å². The fraction of sp³-hybridized carbons (Fsp3) is 0.350. The molecule has 138 valence electrons. The van der Waals surface area contributed by atoms with Crippen molar-refractivity contribution in [3.8, 4) is 5.75 Å². The normalized spacial score (nSPS) is 15.7. The Bertz CT molecular complexity index is 774. The summed E-state index contributed by atoms with van der Waals surface area (Å²) in [6.07, 6.45) is -0.563. The number of benzene rings is 2. The molecule has 1 aliphatic rings. The number of anilines is 1. The maximum Gasteiger partial charge on any atom is 0.263 e. The zero-order chi connectivity index (χ0) is 18.7. The summed E-state index contributed by atoms with van der Waals surface area (Å²) in [5, 5.41) is 0.644. The van der Waals surface area contributed by atoms with E-state index in [2.05, 4.69) is 4.90 Å². The first kappa shape index (κ1) is 18.5. The summed E-state index contributed by atoms with van der Waals surface area (Å²) in [4.78, 5) is 16.6. The molecule has 0 aliphatic carbocycles.